The van der Waals surface area contributed by atoms with Gasteiger partial charge >= 0.3 is 0 Å². The molecule has 1 rings (SSSR count). The Bertz CT molecular complexity index is 116. The predicted molar refractivity (Wildman–Crippen MR) is 39.5 cm³/mol. The van der Waals surface area contributed by atoms with Crippen LogP contribution in [0.15, 0.2) is 11.6 Å². The number of nitrogens with zero attached hydrogens (tertiary/aromatic N) is 1. The Morgan fingerprint density at radius 1 is 1.67 bits per heavy atom. The van der Waals surface area contributed by atoms with E-state index in [9.17, 15) is 0 Å². The molecule has 0 radical (unpaired) electrons. The summed E-state index contributed by atoms with van der Waals surface area (Å²) >= 11 is 0. The maximum Gasteiger partial charge on any atom is 0.0199 e. The molecule has 0 bridgehead atoms. The van der Waals surface area contributed by atoms with Gasteiger partial charge in [-0.1, -0.05) is 6.08 Å². The van der Waals surface area contributed by atoms with Crippen LogP contribution < -0.4 is 5.32 Å². The molecule has 9 heavy (non-hydrogen) atoms. The van der Waals surface area contributed by atoms with Crippen molar-refractivity contribution in [1.29, 1.82) is 0 Å². The molecule has 0 spiro atoms. The van der Waals surface area contributed by atoms with Crippen LogP contribution in [0.3, 0.4) is 0 Å². The third kappa shape index (κ3) is 2.16. The summed E-state index contributed by atoms with van der Waals surface area (Å²) < 4.78 is 0. The fourth-order valence-electron chi connectivity index (χ4n) is 1.05. The quantitative estimate of drug-likeness (QED) is 0.527. The van der Waals surface area contributed by atoms with Crippen LogP contribution in [0, 0.1) is 0 Å². The van der Waals surface area contributed by atoms with E-state index in [4.69, 9.17) is 0 Å². The molecule has 0 aromatic rings. The Labute approximate surface area is 56.5 Å². The van der Waals surface area contributed by atoms with Crippen molar-refractivity contribution in [3.63, 3.8) is 0 Å². The average Bonchev–Trinajstić information content (AvgIpc) is 2.15. The minimum atomic E-state index is 1.06. The molecule has 0 unspecified atom stereocenters. The van der Waals surface area contributed by atoms with Crippen LogP contribution in [0.5, 0.6) is 0 Å². The maximum absolute atomic E-state index is 3.26. The molecule has 1 aliphatic heterocycles. The molecule has 0 saturated heterocycles. The molecule has 1 N–H and O–H groups in total. The minimum absolute atomic E-state index is 1.06. The molecule has 1 aliphatic rings. The summed E-state index contributed by atoms with van der Waals surface area (Å²) in [6.45, 7) is 3.24. The van der Waals surface area contributed by atoms with Gasteiger partial charge in [-0.05, 0) is 19.7 Å². The molecule has 0 aliphatic carbocycles. The van der Waals surface area contributed by atoms with Crippen molar-refractivity contribution in [2.75, 3.05) is 33.7 Å². The van der Waals surface area contributed by atoms with Gasteiger partial charge in [-0.2, -0.15) is 0 Å². The fraction of sp³-hybridized carbons (Fsp3) is 0.714. The molecule has 0 atom stereocenters. The maximum atomic E-state index is 3.26. The van der Waals surface area contributed by atoms with E-state index in [-0.39, 0.29) is 0 Å². The lowest BCUT2D eigenvalue weighted by Gasteiger charge is -2.08. The molecular formula is C7H14N2. The van der Waals surface area contributed by atoms with Crippen molar-refractivity contribution in [2.45, 2.75) is 0 Å². The van der Waals surface area contributed by atoms with Crippen LogP contribution in [0.1, 0.15) is 0 Å². The van der Waals surface area contributed by atoms with Crippen LogP contribution >= 0.6 is 0 Å². The summed E-state index contributed by atoms with van der Waals surface area (Å²) in [5.41, 5.74) is 1.51. The van der Waals surface area contributed by atoms with Gasteiger partial charge in [0.1, 0.15) is 0 Å². The van der Waals surface area contributed by atoms with Crippen LogP contribution in [0.4, 0.5) is 0 Å². The zero-order chi connectivity index (χ0) is 6.69. The molecule has 0 saturated carbocycles. The first kappa shape index (κ1) is 6.78. The third-order valence-corrected chi connectivity index (χ3v) is 1.41. The molecule has 0 fully saturated rings. The highest BCUT2D eigenvalue weighted by Gasteiger charge is 2.02. The van der Waals surface area contributed by atoms with Crippen LogP contribution in [0.2, 0.25) is 0 Å². The van der Waals surface area contributed by atoms with Gasteiger partial charge in [-0.25, -0.2) is 0 Å². The van der Waals surface area contributed by atoms with Crippen molar-refractivity contribution < 1.29 is 0 Å². The van der Waals surface area contributed by atoms with Gasteiger partial charge < -0.3 is 10.2 Å². The summed E-state index contributed by atoms with van der Waals surface area (Å²) in [6, 6.07) is 0. The SMILES string of the molecule is CN(C)CC1=CCNC1. The van der Waals surface area contributed by atoms with E-state index in [1.54, 1.807) is 0 Å². The monoisotopic (exact) mass is 126 g/mol. The number of nitrogens with one attached hydrogen (secondary N) is 1. The Balaban J connectivity index is 2.26. The molecule has 2 nitrogen and oxygen atoms in total. The topological polar surface area (TPSA) is 15.3 Å². The van der Waals surface area contributed by atoms with Gasteiger partial charge in [-0.15, -0.1) is 0 Å². The summed E-state index contributed by atoms with van der Waals surface area (Å²) in [5, 5.41) is 3.26. The molecule has 2 heteroatoms. The lowest BCUT2D eigenvalue weighted by atomic mass is 10.3. The normalized spacial score (nSPS) is 18.8. The largest absolute Gasteiger partial charge is 0.309 e. The first-order valence-corrected chi connectivity index (χ1v) is 3.32. The van der Waals surface area contributed by atoms with Gasteiger partial charge in [0.15, 0.2) is 0 Å². The van der Waals surface area contributed by atoms with Gasteiger partial charge in [0, 0.05) is 19.6 Å². The Hall–Kier alpha value is -0.340. The Morgan fingerprint density at radius 2 is 2.44 bits per heavy atom. The molecule has 0 amide bonds. The van der Waals surface area contributed by atoms with E-state index in [1.165, 1.54) is 5.57 Å². The van der Waals surface area contributed by atoms with Gasteiger partial charge in [0.05, 0.1) is 0 Å². The predicted octanol–water partition coefficient (Wildman–Crippen LogP) is 0.0776. The van der Waals surface area contributed by atoms with Gasteiger partial charge in [0.2, 0.25) is 0 Å². The number of rotatable bonds is 2. The number of hydrogen-bond acceptors (Lipinski definition) is 2. The highest BCUT2D eigenvalue weighted by Crippen LogP contribution is 1.98. The first-order valence-electron chi connectivity index (χ1n) is 3.32. The molecule has 1 heterocycles. The van der Waals surface area contributed by atoms with Crippen LogP contribution in [-0.4, -0.2) is 38.6 Å². The first-order chi connectivity index (χ1) is 4.29. The molecular weight excluding hydrogens is 112 g/mol. The lowest BCUT2D eigenvalue weighted by molar-refractivity contribution is 0.443. The zero-order valence-corrected chi connectivity index (χ0v) is 6.15. The summed E-state index contributed by atoms with van der Waals surface area (Å²) in [4.78, 5) is 2.19. The van der Waals surface area contributed by atoms with E-state index < -0.39 is 0 Å². The smallest absolute Gasteiger partial charge is 0.0199 e. The standard InChI is InChI=1S/C7H14N2/c1-9(2)6-7-3-4-8-5-7/h3,8H,4-6H2,1-2H3. The van der Waals surface area contributed by atoms with Crippen molar-refractivity contribution >= 4 is 0 Å². The molecule has 52 valence electrons. The summed E-state index contributed by atoms with van der Waals surface area (Å²) in [6.07, 6.45) is 2.26. The van der Waals surface area contributed by atoms with Crippen molar-refractivity contribution in [3.8, 4) is 0 Å². The minimum Gasteiger partial charge on any atom is -0.309 e. The zero-order valence-electron chi connectivity index (χ0n) is 6.15. The van der Waals surface area contributed by atoms with Gasteiger partial charge in [0.25, 0.3) is 0 Å². The molecule has 0 aromatic heterocycles. The second-order valence-electron chi connectivity index (χ2n) is 2.73. The van der Waals surface area contributed by atoms with Crippen molar-refractivity contribution in [3.05, 3.63) is 11.6 Å². The number of likely N-dealkylation sites (N-methyl/N-ethyl adjacent to an activating group) is 1. The van der Waals surface area contributed by atoms with E-state index >= 15 is 0 Å². The van der Waals surface area contributed by atoms with E-state index in [0.29, 0.717) is 0 Å². The van der Waals surface area contributed by atoms with Crippen LogP contribution in [0.25, 0.3) is 0 Å². The number of hydrogen-bond donors (Lipinski definition) is 1. The summed E-state index contributed by atoms with van der Waals surface area (Å²) in [5.74, 6) is 0. The van der Waals surface area contributed by atoms with E-state index in [2.05, 4.69) is 30.4 Å². The second kappa shape index (κ2) is 2.99. The Morgan fingerprint density at radius 3 is 2.89 bits per heavy atom. The molecule has 0 aromatic carbocycles. The highest BCUT2D eigenvalue weighted by atomic mass is 15.1. The van der Waals surface area contributed by atoms with E-state index in [1.807, 2.05) is 0 Å². The van der Waals surface area contributed by atoms with Crippen molar-refractivity contribution in [2.24, 2.45) is 0 Å². The second-order valence-corrected chi connectivity index (χ2v) is 2.73. The van der Waals surface area contributed by atoms with Gasteiger partial charge in [-0.3, -0.25) is 0 Å². The Kier molecular flexibility index (Phi) is 2.25. The summed E-state index contributed by atoms with van der Waals surface area (Å²) in [7, 11) is 4.19. The highest BCUT2D eigenvalue weighted by molar-refractivity contribution is 5.12. The van der Waals surface area contributed by atoms with Crippen molar-refractivity contribution in [1.82, 2.24) is 10.2 Å². The fourth-order valence-corrected chi connectivity index (χ4v) is 1.05. The average molecular weight is 126 g/mol. The third-order valence-electron chi connectivity index (χ3n) is 1.41. The lowest BCUT2D eigenvalue weighted by Crippen LogP contribution is -2.18. The van der Waals surface area contributed by atoms with Crippen LogP contribution in [-0.2, 0) is 0 Å². The van der Waals surface area contributed by atoms with E-state index in [0.717, 1.165) is 19.6 Å².